The molecule has 2 heterocycles. The van der Waals surface area contributed by atoms with Crippen molar-refractivity contribution in [2.75, 3.05) is 26.3 Å². The van der Waals surface area contributed by atoms with Crippen LogP contribution in [0.5, 0.6) is 0 Å². The highest BCUT2D eigenvalue weighted by Gasteiger charge is 2.53. The van der Waals surface area contributed by atoms with Crippen LogP contribution in [0.3, 0.4) is 0 Å². The zero-order chi connectivity index (χ0) is 21.2. The summed E-state index contributed by atoms with van der Waals surface area (Å²) in [6.07, 6.45) is 2.65. The summed E-state index contributed by atoms with van der Waals surface area (Å²) in [7, 11) is -2.54. The predicted molar refractivity (Wildman–Crippen MR) is 136 cm³/mol. The first-order valence-corrected chi connectivity index (χ1v) is 14.3. The van der Waals surface area contributed by atoms with Crippen LogP contribution in [0.25, 0.3) is 0 Å². The summed E-state index contributed by atoms with van der Waals surface area (Å²) in [5.41, 5.74) is 0. The normalized spacial score (nSPS) is 24.3. The van der Waals surface area contributed by atoms with E-state index in [-0.39, 0.29) is 11.1 Å². The average Bonchev–Trinajstić information content (AvgIpc) is 3.21. The lowest BCUT2D eigenvalue weighted by atomic mass is 10.1. The molecule has 2 aliphatic rings. The largest absolute Gasteiger partial charge is 0.400 e. The summed E-state index contributed by atoms with van der Waals surface area (Å²) < 4.78 is 14.2. The highest BCUT2D eigenvalue weighted by atomic mass is 127. The Morgan fingerprint density at radius 1 is 0.900 bits per heavy atom. The van der Waals surface area contributed by atoms with Gasteiger partial charge in [0.15, 0.2) is 0 Å². The van der Waals surface area contributed by atoms with Crippen LogP contribution in [0.4, 0.5) is 0 Å². The molecule has 0 aliphatic carbocycles. The summed E-state index contributed by atoms with van der Waals surface area (Å²) in [5.74, 6) is 0. The maximum Gasteiger partial charge on any atom is 0.261 e. The molecular weight excluding hydrogens is 501 g/mol. The fourth-order valence-electron chi connectivity index (χ4n) is 5.09. The molecule has 0 spiro atoms. The van der Waals surface area contributed by atoms with Crippen molar-refractivity contribution in [3.05, 3.63) is 60.7 Å². The van der Waals surface area contributed by atoms with Gasteiger partial charge in [0.2, 0.25) is 0 Å². The van der Waals surface area contributed by atoms with Crippen LogP contribution >= 0.6 is 22.6 Å². The number of piperidine rings is 1. The van der Waals surface area contributed by atoms with Gasteiger partial charge in [-0.2, -0.15) is 0 Å². The van der Waals surface area contributed by atoms with Gasteiger partial charge in [-0.25, -0.2) is 0 Å². The van der Waals surface area contributed by atoms with Crippen molar-refractivity contribution in [1.29, 1.82) is 0 Å². The maximum absolute atomic E-state index is 7.40. The van der Waals surface area contributed by atoms with Gasteiger partial charge in [-0.15, -0.1) is 0 Å². The second-order valence-corrected chi connectivity index (χ2v) is 15.6. The summed E-state index contributed by atoms with van der Waals surface area (Å²) in [6.45, 7) is 10.8. The highest BCUT2D eigenvalue weighted by Crippen LogP contribution is 2.39. The molecule has 2 unspecified atom stereocenters. The molecule has 2 atom stereocenters. The Morgan fingerprint density at radius 2 is 1.43 bits per heavy atom. The number of benzene rings is 2. The number of nitrogens with zero attached hydrogens (tertiary/aromatic N) is 1. The quantitative estimate of drug-likeness (QED) is 0.325. The molecule has 0 radical (unpaired) electrons. The second-order valence-electron chi connectivity index (χ2n) is 9.63. The minimum Gasteiger partial charge on any atom is -0.400 e. The number of hydrogen-bond donors (Lipinski definition) is 0. The Balaban J connectivity index is 1.73. The van der Waals surface area contributed by atoms with Crippen LogP contribution in [-0.4, -0.2) is 55.6 Å². The molecule has 3 nitrogen and oxygen atoms in total. The molecule has 2 aliphatic heterocycles. The molecule has 0 amide bonds. The zero-order valence-electron chi connectivity index (χ0n) is 18.4. The van der Waals surface area contributed by atoms with Gasteiger partial charge in [0.25, 0.3) is 8.32 Å². The van der Waals surface area contributed by atoms with Crippen molar-refractivity contribution < 1.29 is 9.16 Å². The monoisotopic (exact) mass is 535 g/mol. The number of hydrogen-bond acceptors (Lipinski definition) is 3. The van der Waals surface area contributed by atoms with Crippen molar-refractivity contribution in [3.8, 4) is 0 Å². The van der Waals surface area contributed by atoms with Crippen LogP contribution in [0.15, 0.2) is 60.7 Å². The fourth-order valence-corrected chi connectivity index (χ4v) is 10.3. The summed E-state index contributed by atoms with van der Waals surface area (Å²) in [6, 6.07) is 22.3. The Hall–Kier alpha value is -0.733. The van der Waals surface area contributed by atoms with Gasteiger partial charge < -0.3 is 9.16 Å². The Kier molecular flexibility index (Phi) is 7.04. The Labute approximate surface area is 196 Å². The topological polar surface area (TPSA) is 21.7 Å². The third-order valence-corrected chi connectivity index (χ3v) is 13.0. The molecule has 30 heavy (non-hydrogen) atoms. The third-order valence-electron chi connectivity index (χ3n) is 6.67. The predicted octanol–water partition coefficient (Wildman–Crippen LogP) is 4.23. The van der Waals surface area contributed by atoms with Crippen molar-refractivity contribution in [1.82, 2.24) is 4.90 Å². The van der Waals surface area contributed by atoms with Crippen LogP contribution in [-0.2, 0) is 9.16 Å². The van der Waals surface area contributed by atoms with Gasteiger partial charge in [0.1, 0.15) is 0 Å². The van der Waals surface area contributed by atoms with Crippen molar-refractivity contribution in [3.63, 3.8) is 0 Å². The van der Waals surface area contributed by atoms with Crippen LogP contribution in [0.1, 0.15) is 33.6 Å². The van der Waals surface area contributed by atoms with E-state index in [1.54, 1.807) is 0 Å². The standard InChI is InChI=1S/C25H34INO2Si/c1-25(2,3)30(21-10-6-4-7-11-21,22-12-8-5-9-13-22)29-24-19-28-18-23(24)27-16-14-20(26)15-17-27/h4-13,20,23-24H,14-19H2,1-3H3. The van der Waals surface area contributed by atoms with E-state index in [9.17, 15) is 0 Å². The molecule has 0 N–H and O–H groups in total. The summed E-state index contributed by atoms with van der Waals surface area (Å²) >= 11 is 2.60. The van der Waals surface area contributed by atoms with E-state index in [0.717, 1.165) is 23.6 Å². The first-order valence-electron chi connectivity index (χ1n) is 11.2. The van der Waals surface area contributed by atoms with Crippen molar-refractivity contribution in [2.45, 2.75) is 54.7 Å². The second kappa shape index (κ2) is 9.41. The van der Waals surface area contributed by atoms with Crippen molar-refractivity contribution >= 4 is 41.3 Å². The van der Waals surface area contributed by atoms with Crippen LogP contribution in [0, 0.1) is 0 Å². The minimum atomic E-state index is -2.54. The van der Waals surface area contributed by atoms with E-state index in [4.69, 9.17) is 9.16 Å². The number of rotatable bonds is 5. The highest BCUT2D eigenvalue weighted by molar-refractivity contribution is 14.1. The minimum absolute atomic E-state index is 0.00194. The molecule has 162 valence electrons. The lowest BCUT2D eigenvalue weighted by Gasteiger charge is -2.46. The van der Waals surface area contributed by atoms with Gasteiger partial charge in [-0.1, -0.05) is 104 Å². The molecule has 2 aromatic rings. The zero-order valence-corrected chi connectivity index (χ0v) is 21.5. The lowest BCUT2D eigenvalue weighted by molar-refractivity contribution is 0.0813. The molecule has 5 heteroatoms. The number of alkyl halides is 1. The van der Waals surface area contributed by atoms with Gasteiger partial charge in [-0.3, -0.25) is 4.90 Å². The van der Waals surface area contributed by atoms with E-state index in [2.05, 4.69) is 109 Å². The van der Waals surface area contributed by atoms with Gasteiger partial charge >= 0.3 is 0 Å². The van der Waals surface area contributed by atoms with E-state index in [0.29, 0.717) is 12.6 Å². The fraction of sp³-hybridized carbons (Fsp3) is 0.520. The van der Waals surface area contributed by atoms with Crippen molar-refractivity contribution in [2.24, 2.45) is 0 Å². The smallest absolute Gasteiger partial charge is 0.261 e. The van der Waals surface area contributed by atoms with Crippen LogP contribution in [0.2, 0.25) is 5.04 Å². The summed E-state index contributed by atoms with van der Waals surface area (Å²) in [5, 5.41) is 2.69. The molecular formula is C25H34INO2Si. The molecule has 0 saturated carbocycles. The molecule has 0 bridgehead atoms. The van der Waals surface area contributed by atoms with E-state index in [1.165, 1.54) is 23.2 Å². The first-order chi connectivity index (χ1) is 14.4. The Morgan fingerprint density at radius 3 is 1.93 bits per heavy atom. The van der Waals surface area contributed by atoms with E-state index >= 15 is 0 Å². The van der Waals surface area contributed by atoms with Crippen LogP contribution < -0.4 is 10.4 Å². The molecule has 2 fully saturated rings. The number of halogens is 1. The van der Waals surface area contributed by atoms with Gasteiger partial charge in [0, 0.05) is 3.92 Å². The number of likely N-dealkylation sites (tertiary alicyclic amines) is 1. The first kappa shape index (κ1) is 22.5. The van der Waals surface area contributed by atoms with E-state index < -0.39 is 8.32 Å². The van der Waals surface area contributed by atoms with Gasteiger partial charge in [-0.05, 0) is 41.3 Å². The molecule has 2 saturated heterocycles. The molecule has 4 rings (SSSR count). The summed E-state index contributed by atoms with van der Waals surface area (Å²) in [4.78, 5) is 2.63. The number of ether oxygens (including phenoxy) is 1. The maximum atomic E-state index is 7.40. The molecule has 0 aromatic heterocycles. The molecule has 2 aromatic carbocycles. The Bertz CT molecular complexity index is 763. The third kappa shape index (κ3) is 4.42. The van der Waals surface area contributed by atoms with E-state index in [1.807, 2.05) is 0 Å². The lowest BCUT2D eigenvalue weighted by Crippen LogP contribution is -2.69. The average molecular weight is 536 g/mol. The van der Waals surface area contributed by atoms with Gasteiger partial charge in [0.05, 0.1) is 25.4 Å². The SMILES string of the molecule is CC(C)(C)[Si](OC1COCC1N1CCC(I)CC1)(c1ccccc1)c1ccccc1.